The molecule has 2 N–H and O–H groups in total. The summed E-state index contributed by atoms with van der Waals surface area (Å²) < 4.78 is 5.90. The average molecular weight is 342 g/mol. The molecule has 0 fully saturated rings. The van der Waals surface area contributed by atoms with Crippen molar-refractivity contribution in [1.29, 1.82) is 0 Å². The number of amides is 2. The Labute approximate surface area is 149 Å². The van der Waals surface area contributed by atoms with Crippen LogP contribution in [0.1, 0.15) is 25.0 Å². The zero-order chi connectivity index (χ0) is 18.4. The third-order valence-corrected chi connectivity index (χ3v) is 3.59. The molecule has 2 aromatic carbocycles. The molecule has 0 unspecified atom stereocenters. The predicted molar refractivity (Wildman–Crippen MR) is 99.9 cm³/mol. The van der Waals surface area contributed by atoms with Crippen LogP contribution < -0.4 is 10.1 Å². The molecular formula is C20H26N2O3. The van der Waals surface area contributed by atoms with E-state index >= 15 is 0 Å². The number of carbonyl (C=O) groups is 1. The SMILES string of the molecule is Cc1ccc(NC(=O)N(C)CC(C)(C)O)c(OCc2ccccc2)c1. The van der Waals surface area contributed by atoms with Crippen molar-refractivity contribution in [2.24, 2.45) is 0 Å². The number of anilines is 1. The molecule has 0 aliphatic heterocycles. The van der Waals surface area contributed by atoms with Gasteiger partial charge in [0.25, 0.3) is 0 Å². The predicted octanol–water partition coefficient (Wildman–Crippen LogP) is 3.81. The molecule has 0 aromatic heterocycles. The summed E-state index contributed by atoms with van der Waals surface area (Å²) in [6.07, 6.45) is 0. The fraction of sp³-hybridized carbons (Fsp3) is 0.350. The van der Waals surface area contributed by atoms with Crippen molar-refractivity contribution in [2.75, 3.05) is 18.9 Å². The largest absolute Gasteiger partial charge is 0.487 e. The summed E-state index contributed by atoms with van der Waals surface area (Å²) in [5.41, 5.74) is 1.76. The van der Waals surface area contributed by atoms with Crippen LogP contribution in [-0.4, -0.2) is 35.2 Å². The number of urea groups is 1. The lowest BCUT2D eigenvalue weighted by molar-refractivity contribution is 0.0550. The summed E-state index contributed by atoms with van der Waals surface area (Å²) in [6, 6.07) is 15.2. The molecule has 0 radical (unpaired) electrons. The highest BCUT2D eigenvalue weighted by Crippen LogP contribution is 2.27. The highest BCUT2D eigenvalue weighted by atomic mass is 16.5. The Bertz CT molecular complexity index is 709. The Kier molecular flexibility index (Phi) is 6.04. The summed E-state index contributed by atoms with van der Waals surface area (Å²) >= 11 is 0. The number of carbonyl (C=O) groups excluding carboxylic acids is 1. The fourth-order valence-corrected chi connectivity index (χ4v) is 2.45. The molecule has 5 nitrogen and oxygen atoms in total. The Morgan fingerprint density at radius 1 is 1.20 bits per heavy atom. The van der Waals surface area contributed by atoms with E-state index in [0.29, 0.717) is 18.0 Å². The number of ether oxygens (including phenoxy) is 1. The topological polar surface area (TPSA) is 61.8 Å². The lowest BCUT2D eigenvalue weighted by Crippen LogP contribution is -2.41. The molecule has 0 atom stereocenters. The van der Waals surface area contributed by atoms with Gasteiger partial charge in [-0.2, -0.15) is 0 Å². The minimum Gasteiger partial charge on any atom is -0.487 e. The molecule has 0 saturated heterocycles. The second-order valence-electron chi connectivity index (χ2n) is 6.87. The second-order valence-corrected chi connectivity index (χ2v) is 6.87. The maximum Gasteiger partial charge on any atom is 0.321 e. The van der Waals surface area contributed by atoms with E-state index in [2.05, 4.69) is 5.32 Å². The number of nitrogens with zero attached hydrogens (tertiary/aromatic N) is 1. The maximum absolute atomic E-state index is 12.3. The second kappa shape index (κ2) is 8.03. The summed E-state index contributed by atoms with van der Waals surface area (Å²) in [6.45, 7) is 5.95. The lowest BCUT2D eigenvalue weighted by atomic mass is 10.1. The van der Waals surface area contributed by atoms with Crippen LogP contribution in [0.25, 0.3) is 0 Å². The van der Waals surface area contributed by atoms with Crippen LogP contribution in [0.2, 0.25) is 0 Å². The number of hydrogen-bond acceptors (Lipinski definition) is 3. The summed E-state index contributed by atoms with van der Waals surface area (Å²) in [7, 11) is 1.64. The van der Waals surface area contributed by atoms with Crippen molar-refractivity contribution in [3.63, 3.8) is 0 Å². The molecule has 2 rings (SSSR count). The minimum absolute atomic E-state index is 0.227. The van der Waals surface area contributed by atoms with E-state index in [1.165, 1.54) is 4.90 Å². The van der Waals surface area contributed by atoms with Gasteiger partial charge in [-0.15, -0.1) is 0 Å². The van der Waals surface area contributed by atoms with Crippen molar-refractivity contribution in [3.8, 4) is 5.75 Å². The zero-order valence-electron chi connectivity index (χ0n) is 15.2. The van der Waals surface area contributed by atoms with E-state index < -0.39 is 5.60 Å². The highest BCUT2D eigenvalue weighted by Gasteiger charge is 2.20. The monoisotopic (exact) mass is 342 g/mol. The Morgan fingerprint density at radius 3 is 2.52 bits per heavy atom. The fourth-order valence-electron chi connectivity index (χ4n) is 2.45. The van der Waals surface area contributed by atoms with Crippen LogP contribution in [0, 0.1) is 6.92 Å². The van der Waals surface area contributed by atoms with Gasteiger partial charge >= 0.3 is 6.03 Å². The van der Waals surface area contributed by atoms with Crippen LogP contribution in [0.3, 0.4) is 0 Å². The van der Waals surface area contributed by atoms with Crippen LogP contribution >= 0.6 is 0 Å². The summed E-state index contributed by atoms with van der Waals surface area (Å²) in [5, 5.41) is 12.7. The van der Waals surface area contributed by atoms with Gasteiger partial charge in [-0.25, -0.2) is 4.79 Å². The van der Waals surface area contributed by atoms with Crippen molar-refractivity contribution < 1.29 is 14.6 Å². The van der Waals surface area contributed by atoms with E-state index in [1.807, 2.05) is 55.5 Å². The van der Waals surface area contributed by atoms with Gasteiger partial charge in [0.1, 0.15) is 12.4 Å². The number of likely N-dealkylation sites (N-methyl/N-ethyl adjacent to an activating group) is 1. The van der Waals surface area contributed by atoms with Gasteiger partial charge in [-0.05, 0) is 44.0 Å². The Balaban J connectivity index is 2.08. The van der Waals surface area contributed by atoms with E-state index in [0.717, 1.165) is 11.1 Å². The van der Waals surface area contributed by atoms with E-state index in [-0.39, 0.29) is 12.6 Å². The summed E-state index contributed by atoms with van der Waals surface area (Å²) in [4.78, 5) is 13.8. The first-order chi connectivity index (χ1) is 11.7. The number of rotatable bonds is 6. The molecule has 2 aromatic rings. The molecule has 5 heteroatoms. The van der Waals surface area contributed by atoms with Gasteiger partial charge in [-0.1, -0.05) is 36.4 Å². The van der Waals surface area contributed by atoms with Gasteiger partial charge in [0.2, 0.25) is 0 Å². The van der Waals surface area contributed by atoms with Gasteiger partial charge in [0.15, 0.2) is 0 Å². The molecule has 0 aliphatic carbocycles. The smallest absolute Gasteiger partial charge is 0.321 e. The van der Waals surface area contributed by atoms with Crippen LogP contribution in [0.5, 0.6) is 5.75 Å². The molecule has 0 bridgehead atoms. The van der Waals surface area contributed by atoms with Crippen molar-refractivity contribution >= 4 is 11.7 Å². The van der Waals surface area contributed by atoms with Crippen LogP contribution in [0.15, 0.2) is 48.5 Å². The van der Waals surface area contributed by atoms with E-state index in [1.54, 1.807) is 20.9 Å². The number of aryl methyl sites for hydroxylation is 1. The first-order valence-corrected chi connectivity index (χ1v) is 8.26. The minimum atomic E-state index is -0.952. The standard InChI is InChI=1S/C20H26N2O3/c1-15-10-11-17(21-19(23)22(4)14-20(2,3)24)18(12-15)25-13-16-8-6-5-7-9-16/h5-12,24H,13-14H2,1-4H3,(H,21,23). The highest BCUT2D eigenvalue weighted by molar-refractivity contribution is 5.90. The normalized spacial score (nSPS) is 11.1. The van der Waals surface area contributed by atoms with Crippen molar-refractivity contribution in [1.82, 2.24) is 4.90 Å². The Morgan fingerprint density at radius 2 is 1.88 bits per heavy atom. The van der Waals surface area contributed by atoms with Gasteiger partial charge in [0.05, 0.1) is 17.8 Å². The maximum atomic E-state index is 12.3. The van der Waals surface area contributed by atoms with Crippen molar-refractivity contribution in [3.05, 3.63) is 59.7 Å². The first kappa shape index (κ1) is 18.8. The third kappa shape index (κ3) is 6.12. The average Bonchev–Trinajstić information content (AvgIpc) is 2.54. The Hall–Kier alpha value is -2.53. The molecule has 0 saturated carbocycles. The molecule has 0 spiro atoms. The van der Waals surface area contributed by atoms with Crippen LogP contribution in [-0.2, 0) is 6.61 Å². The number of benzene rings is 2. The quantitative estimate of drug-likeness (QED) is 0.839. The molecule has 0 aliphatic rings. The number of nitrogens with one attached hydrogen (secondary N) is 1. The third-order valence-electron chi connectivity index (χ3n) is 3.59. The number of aliphatic hydroxyl groups is 1. The van der Waals surface area contributed by atoms with Gasteiger partial charge in [0, 0.05) is 7.05 Å². The molecule has 0 heterocycles. The molecule has 25 heavy (non-hydrogen) atoms. The van der Waals surface area contributed by atoms with Crippen LogP contribution in [0.4, 0.5) is 10.5 Å². The van der Waals surface area contributed by atoms with E-state index in [9.17, 15) is 9.90 Å². The van der Waals surface area contributed by atoms with Gasteiger partial charge in [-0.3, -0.25) is 0 Å². The van der Waals surface area contributed by atoms with Gasteiger partial charge < -0.3 is 20.1 Å². The molecule has 2 amide bonds. The van der Waals surface area contributed by atoms with Crippen molar-refractivity contribution in [2.45, 2.75) is 33.0 Å². The molecular weight excluding hydrogens is 316 g/mol. The first-order valence-electron chi connectivity index (χ1n) is 8.26. The van der Waals surface area contributed by atoms with E-state index in [4.69, 9.17) is 4.74 Å². The number of hydrogen-bond donors (Lipinski definition) is 2. The zero-order valence-corrected chi connectivity index (χ0v) is 15.2. The lowest BCUT2D eigenvalue weighted by Gasteiger charge is -2.26. The molecule has 134 valence electrons. The summed E-state index contributed by atoms with van der Waals surface area (Å²) in [5.74, 6) is 0.619.